The number of nitrogens with zero attached hydrogens (tertiary/aromatic N) is 1. The van der Waals surface area contributed by atoms with Crippen LogP contribution in [0, 0.1) is 12.8 Å². The first-order valence-corrected chi connectivity index (χ1v) is 9.53. The highest BCUT2D eigenvalue weighted by molar-refractivity contribution is 5.89. The van der Waals surface area contributed by atoms with Crippen molar-refractivity contribution in [3.63, 3.8) is 0 Å². The molecule has 4 rings (SSSR count). The summed E-state index contributed by atoms with van der Waals surface area (Å²) in [6.07, 6.45) is 0.256. The maximum atomic E-state index is 12.7. The Morgan fingerprint density at radius 1 is 1.18 bits per heavy atom. The van der Waals surface area contributed by atoms with Gasteiger partial charge >= 0.3 is 0 Å². The highest BCUT2D eigenvalue weighted by Crippen LogP contribution is 2.34. The number of nitrogens with one attached hydrogen (secondary N) is 1. The fraction of sp³-hybridized carbons (Fsp3) is 0.364. The van der Waals surface area contributed by atoms with Crippen molar-refractivity contribution in [1.29, 1.82) is 0 Å². The molecular weight excluding hydrogens is 356 g/mol. The largest absolute Gasteiger partial charge is 0.454 e. The van der Waals surface area contributed by atoms with Gasteiger partial charge in [0.1, 0.15) is 0 Å². The average Bonchev–Trinajstić information content (AvgIpc) is 3.29. The summed E-state index contributed by atoms with van der Waals surface area (Å²) in [5.41, 5.74) is 3.21. The van der Waals surface area contributed by atoms with Crippen LogP contribution >= 0.6 is 0 Å². The van der Waals surface area contributed by atoms with E-state index in [4.69, 9.17) is 9.47 Å². The highest BCUT2D eigenvalue weighted by atomic mass is 16.7. The first-order valence-electron chi connectivity index (χ1n) is 9.53. The summed E-state index contributed by atoms with van der Waals surface area (Å²) in [4.78, 5) is 26.8. The Morgan fingerprint density at radius 3 is 2.71 bits per heavy atom. The topological polar surface area (TPSA) is 67.9 Å². The van der Waals surface area contributed by atoms with Crippen LogP contribution in [0.1, 0.15) is 36.1 Å². The summed E-state index contributed by atoms with van der Waals surface area (Å²) in [6.45, 7) is 5.18. The molecular formula is C22H24N2O4. The van der Waals surface area contributed by atoms with E-state index in [1.54, 1.807) is 4.90 Å². The van der Waals surface area contributed by atoms with Gasteiger partial charge in [-0.2, -0.15) is 0 Å². The minimum absolute atomic E-state index is 0.0245. The lowest BCUT2D eigenvalue weighted by Crippen LogP contribution is -2.34. The molecule has 1 N–H and O–H groups in total. The monoisotopic (exact) mass is 380 g/mol. The fourth-order valence-corrected chi connectivity index (χ4v) is 3.61. The van der Waals surface area contributed by atoms with Gasteiger partial charge in [-0.15, -0.1) is 0 Å². The Balaban J connectivity index is 1.36. The van der Waals surface area contributed by atoms with Gasteiger partial charge in [0.05, 0.1) is 12.0 Å². The van der Waals surface area contributed by atoms with Crippen molar-refractivity contribution >= 4 is 11.8 Å². The number of carbonyl (C=O) groups is 2. The summed E-state index contributed by atoms with van der Waals surface area (Å²) in [6, 6.07) is 13.6. The molecule has 2 aliphatic rings. The van der Waals surface area contributed by atoms with Gasteiger partial charge in [0.25, 0.3) is 0 Å². The predicted molar refractivity (Wildman–Crippen MR) is 104 cm³/mol. The number of likely N-dealkylation sites (tertiary alicyclic amines) is 1. The van der Waals surface area contributed by atoms with Crippen molar-refractivity contribution in [2.75, 3.05) is 13.3 Å². The molecule has 0 spiro atoms. The van der Waals surface area contributed by atoms with Gasteiger partial charge < -0.3 is 19.7 Å². The molecule has 2 aliphatic heterocycles. The van der Waals surface area contributed by atoms with Gasteiger partial charge in [-0.3, -0.25) is 9.59 Å². The third kappa shape index (κ3) is 3.81. The first-order chi connectivity index (χ1) is 13.5. The van der Waals surface area contributed by atoms with E-state index in [0.29, 0.717) is 18.8 Å². The third-order valence-corrected chi connectivity index (χ3v) is 5.33. The Labute approximate surface area is 164 Å². The first kappa shape index (κ1) is 18.3. The smallest absolute Gasteiger partial charge is 0.231 e. The van der Waals surface area contributed by atoms with Crippen LogP contribution in [0.15, 0.2) is 42.5 Å². The van der Waals surface area contributed by atoms with Crippen LogP contribution in [0.4, 0.5) is 0 Å². The Morgan fingerprint density at radius 2 is 1.93 bits per heavy atom. The summed E-state index contributed by atoms with van der Waals surface area (Å²) < 4.78 is 10.7. The lowest BCUT2D eigenvalue weighted by Gasteiger charge is -2.19. The minimum atomic E-state index is -0.325. The Bertz CT molecular complexity index is 894. The second-order valence-electron chi connectivity index (χ2n) is 7.50. The van der Waals surface area contributed by atoms with E-state index in [1.807, 2.05) is 56.3 Å². The van der Waals surface area contributed by atoms with Gasteiger partial charge in [-0.1, -0.05) is 35.9 Å². The van der Waals surface area contributed by atoms with Crippen molar-refractivity contribution < 1.29 is 19.1 Å². The number of ether oxygens (including phenoxy) is 2. The van der Waals surface area contributed by atoms with Gasteiger partial charge in [-0.25, -0.2) is 0 Å². The highest BCUT2D eigenvalue weighted by Gasteiger charge is 2.34. The van der Waals surface area contributed by atoms with Crippen LogP contribution in [0.2, 0.25) is 0 Å². The van der Waals surface area contributed by atoms with Crippen LogP contribution in [-0.2, 0) is 16.1 Å². The summed E-state index contributed by atoms with van der Waals surface area (Å²) in [5, 5.41) is 3.03. The maximum Gasteiger partial charge on any atom is 0.231 e. The summed E-state index contributed by atoms with van der Waals surface area (Å²) in [5.74, 6) is 1.02. The van der Waals surface area contributed by atoms with E-state index in [0.717, 1.165) is 16.9 Å². The van der Waals surface area contributed by atoms with Crippen molar-refractivity contribution in [1.82, 2.24) is 10.2 Å². The SMILES string of the molecule is Cc1ccc(CN2CC(C(=O)NC(C)c3ccc4c(c3)OCO4)CC2=O)cc1. The lowest BCUT2D eigenvalue weighted by molar-refractivity contribution is -0.129. The maximum absolute atomic E-state index is 12.7. The van der Waals surface area contributed by atoms with E-state index in [9.17, 15) is 9.59 Å². The van der Waals surface area contributed by atoms with Gasteiger partial charge in [0, 0.05) is 19.5 Å². The second-order valence-corrected chi connectivity index (χ2v) is 7.50. The standard InChI is InChI=1S/C22H24N2O4/c1-14-3-5-16(6-4-14)11-24-12-18(10-21(24)25)22(26)23-15(2)17-7-8-19-20(9-17)28-13-27-19/h3-9,15,18H,10-13H2,1-2H3,(H,23,26). The number of carbonyl (C=O) groups excluding carboxylic acids is 2. The fourth-order valence-electron chi connectivity index (χ4n) is 3.61. The number of hydrogen-bond donors (Lipinski definition) is 1. The number of aryl methyl sites for hydroxylation is 1. The van der Waals surface area contributed by atoms with Crippen LogP contribution in [0.5, 0.6) is 11.5 Å². The van der Waals surface area contributed by atoms with Crippen molar-refractivity contribution in [2.24, 2.45) is 5.92 Å². The molecule has 0 aromatic heterocycles. The molecule has 6 heteroatoms. The molecule has 2 aromatic carbocycles. The van der Waals surface area contributed by atoms with Crippen molar-refractivity contribution in [2.45, 2.75) is 32.9 Å². The number of fused-ring (bicyclic) bond motifs is 1. The molecule has 0 saturated carbocycles. The molecule has 2 atom stereocenters. The Kier molecular flexibility index (Phi) is 4.94. The molecule has 0 radical (unpaired) electrons. The van der Waals surface area contributed by atoms with Crippen LogP contribution in [-0.4, -0.2) is 30.1 Å². The van der Waals surface area contributed by atoms with Crippen LogP contribution < -0.4 is 14.8 Å². The predicted octanol–water partition coefficient (Wildman–Crippen LogP) is 2.95. The number of amides is 2. The molecule has 28 heavy (non-hydrogen) atoms. The summed E-state index contributed by atoms with van der Waals surface area (Å²) in [7, 11) is 0. The van der Waals surface area contributed by atoms with E-state index in [1.165, 1.54) is 5.56 Å². The molecule has 2 heterocycles. The van der Waals surface area contributed by atoms with Gasteiger partial charge in [0.15, 0.2) is 11.5 Å². The molecule has 2 aromatic rings. The van der Waals surface area contributed by atoms with Gasteiger partial charge in [0.2, 0.25) is 18.6 Å². The second kappa shape index (κ2) is 7.54. The third-order valence-electron chi connectivity index (χ3n) is 5.33. The molecule has 2 unspecified atom stereocenters. The quantitative estimate of drug-likeness (QED) is 0.866. The molecule has 1 fully saturated rings. The number of hydrogen-bond acceptors (Lipinski definition) is 4. The number of benzene rings is 2. The lowest BCUT2D eigenvalue weighted by atomic mass is 10.0. The van der Waals surface area contributed by atoms with E-state index < -0.39 is 0 Å². The van der Waals surface area contributed by atoms with E-state index >= 15 is 0 Å². The van der Waals surface area contributed by atoms with Gasteiger partial charge in [-0.05, 0) is 37.1 Å². The molecule has 0 aliphatic carbocycles. The molecule has 2 amide bonds. The van der Waals surface area contributed by atoms with Crippen molar-refractivity contribution in [3.8, 4) is 11.5 Å². The normalized spacial score (nSPS) is 19.0. The van der Waals surface area contributed by atoms with E-state index in [2.05, 4.69) is 5.32 Å². The molecule has 0 bridgehead atoms. The molecule has 146 valence electrons. The van der Waals surface area contributed by atoms with Crippen LogP contribution in [0.25, 0.3) is 0 Å². The zero-order chi connectivity index (χ0) is 19.7. The minimum Gasteiger partial charge on any atom is -0.454 e. The molecule has 1 saturated heterocycles. The molecule has 6 nitrogen and oxygen atoms in total. The zero-order valence-corrected chi connectivity index (χ0v) is 16.1. The van der Waals surface area contributed by atoms with E-state index in [-0.39, 0.29) is 37.0 Å². The number of rotatable bonds is 5. The van der Waals surface area contributed by atoms with Crippen molar-refractivity contribution in [3.05, 3.63) is 59.2 Å². The summed E-state index contributed by atoms with van der Waals surface area (Å²) >= 11 is 0. The average molecular weight is 380 g/mol. The Hall–Kier alpha value is -3.02. The van der Waals surface area contributed by atoms with Crippen LogP contribution in [0.3, 0.4) is 0 Å². The zero-order valence-electron chi connectivity index (χ0n) is 16.1.